The lowest BCUT2D eigenvalue weighted by molar-refractivity contribution is -0.124. The highest BCUT2D eigenvalue weighted by Gasteiger charge is 2.18. The predicted octanol–water partition coefficient (Wildman–Crippen LogP) is -0.0975. The fourth-order valence-corrected chi connectivity index (χ4v) is 1.66. The van der Waals surface area contributed by atoms with Gasteiger partial charge in [-0.15, -0.1) is 0 Å². The molecule has 7 nitrogen and oxygen atoms in total. The quantitative estimate of drug-likeness (QED) is 0.611. The Labute approximate surface area is 117 Å². The molecule has 0 fully saturated rings. The average Bonchev–Trinajstić information content (AvgIpc) is 2.80. The predicted molar refractivity (Wildman–Crippen MR) is 74.2 cm³/mol. The van der Waals surface area contributed by atoms with E-state index in [9.17, 15) is 9.59 Å². The van der Waals surface area contributed by atoms with Crippen LogP contribution in [0.5, 0.6) is 0 Å². The summed E-state index contributed by atoms with van der Waals surface area (Å²) in [6.07, 6.45) is 3.23. The van der Waals surface area contributed by atoms with E-state index in [1.807, 2.05) is 0 Å². The first-order chi connectivity index (χ1) is 9.06. The van der Waals surface area contributed by atoms with Gasteiger partial charge >= 0.3 is 0 Å². The molecule has 0 aliphatic rings. The van der Waals surface area contributed by atoms with E-state index < -0.39 is 6.04 Å². The van der Waals surface area contributed by atoms with Crippen molar-refractivity contribution in [2.45, 2.75) is 19.5 Å². The first-order valence-electron chi connectivity index (χ1n) is 5.77. The zero-order valence-electron chi connectivity index (χ0n) is 10.9. The van der Waals surface area contributed by atoms with E-state index in [1.54, 1.807) is 18.0 Å². The van der Waals surface area contributed by atoms with Crippen molar-refractivity contribution in [2.24, 2.45) is 0 Å². The van der Waals surface area contributed by atoms with Crippen LogP contribution >= 0.6 is 12.6 Å². The molecule has 1 aromatic rings. The Morgan fingerprint density at radius 1 is 1.58 bits per heavy atom. The van der Waals surface area contributed by atoms with E-state index in [-0.39, 0.29) is 17.6 Å². The van der Waals surface area contributed by atoms with Crippen LogP contribution in [0.3, 0.4) is 0 Å². The lowest BCUT2D eigenvalue weighted by Crippen LogP contribution is -2.44. The molecule has 1 atom stereocenters. The van der Waals surface area contributed by atoms with E-state index in [4.69, 9.17) is 4.74 Å². The van der Waals surface area contributed by atoms with E-state index in [2.05, 4.69) is 28.4 Å². The van der Waals surface area contributed by atoms with Gasteiger partial charge in [0.15, 0.2) is 0 Å². The second-order valence-corrected chi connectivity index (χ2v) is 4.27. The molecule has 1 rings (SSSR count). The minimum atomic E-state index is -0.664. The van der Waals surface area contributed by atoms with Crippen molar-refractivity contribution >= 4 is 30.1 Å². The zero-order valence-corrected chi connectivity index (χ0v) is 11.8. The molecule has 0 radical (unpaired) electrons. The molecule has 0 bridgehead atoms. The van der Waals surface area contributed by atoms with Crippen LogP contribution in [0.4, 0.5) is 5.69 Å². The summed E-state index contributed by atoms with van der Waals surface area (Å²) >= 11 is 4.03. The fourth-order valence-electron chi connectivity index (χ4n) is 1.40. The molecular weight excluding hydrogens is 268 g/mol. The van der Waals surface area contributed by atoms with Crippen molar-refractivity contribution in [1.29, 1.82) is 0 Å². The number of hydrogen-bond donors (Lipinski definition) is 3. The Morgan fingerprint density at radius 2 is 2.32 bits per heavy atom. The minimum Gasteiger partial charge on any atom is -0.383 e. The lowest BCUT2D eigenvalue weighted by atomic mass is 10.3. The molecule has 0 saturated carbocycles. The van der Waals surface area contributed by atoms with Gasteiger partial charge in [0.1, 0.15) is 6.04 Å². The van der Waals surface area contributed by atoms with Crippen LogP contribution in [-0.2, 0) is 20.9 Å². The largest absolute Gasteiger partial charge is 0.383 e. The highest BCUT2D eigenvalue weighted by atomic mass is 32.1. The van der Waals surface area contributed by atoms with Gasteiger partial charge in [-0.1, -0.05) is 0 Å². The smallest absolute Gasteiger partial charge is 0.247 e. The number of thiol groups is 1. The average molecular weight is 286 g/mol. The topological polar surface area (TPSA) is 85.2 Å². The summed E-state index contributed by atoms with van der Waals surface area (Å²) in [6, 6.07) is -0.664. The van der Waals surface area contributed by atoms with Gasteiger partial charge < -0.3 is 15.4 Å². The molecule has 1 aromatic heterocycles. The molecule has 0 aromatic carbocycles. The van der Waals surface area contributed by atoms with Crippen LogP contribution in [0.1, 0.15) is 6.92 Å². The number of aromatic nitrogens is 2. The summed E-state index contributed by atoms with van der Waals surface area (Å²) in [5.74, 6) is -0.370. The number of hydrogen-bond acceptors (Lipinski definition) is 5. The van der Waals surface area contributed by atoms with E-state index in [1.165, 1.54) is 13.1 Å². The van der Waals surface area contributed by atoms with Gasteiger partial charge in [0, 0.05) is 26.0 Å². The maximum absolute atomic E-state index is 11.9. The first-order valence-corrected chi connectivity index (χ1v) is 6.40. The second-order valence-electron chi connectivity index (χ2n) is 3.91. The van der Waals surface area contributed by atoms with Crippen LogP contribution in [0.2, 0.25) is 0 Å². The van der Waals surface area contributed by atoms with E-state index in [0.717, 1.165) is 0 Å². The summed E-state index contributed by atoms with van der Waals surface area (Å²) in [5.41, 5.74) is 0.568. The molecule has 1 heterocycles. The second kappa shape index (κ2) is 7.80. The molecule has 2 N–H and O–H groups in total. The Morgan fingerprint density at radius 3 is 2.89 bits per heavy atom. The number of anilines is 1. The number of nitrogens with zero attached hydrogens (tertiary/aromatic N) is 2. The van der Waals surface area contributed by atoms with Crippen molar-refractivity contribution in [3.8, 4) is 0 Å². The highest BCUT2D eigenvalue weighted by molar-refractivity contribution is 7.80. The zero-order chi connectivity index (χ0) is 14.3. The third-order valence-corrected chi connectivity index (χ3v) is 2.67. The normalized spacial score (nSPS) is 11.9. The van der Waals surface area contributed by atoms with Gasteiger partial charge in [-0.2, -0.15) is 17.7 Å². The number of methoxy groups -OCH3 is 1. The number of carbonyl (C=O) groups excluding carboxylic acids is 2. The standard InChI is InChI=1S/C11H18N4O3S/c1-8(16)13-10(7-19)11(17)14-9-5-12-15(6-9)3-4-18-2/h5-6,10,19H,3-4,7H2,1-2H3,(H,13,16)(H,14,17). The first kappa shape index (κ1) is 15.5. The van der Waals surface area contributed by atoms with Crippen LogP contribution in [0.15, 0.2) is 12.4 Å². The Hall–Kier alpha value is -1.54. The Bertz CT molecular complexity index is 435. The summed E-state index contributed by atoms with van der Waals surface area (Å²) in [5, 5.41) is 9.25. The lowest BCUT2D eigenvalue weighted by Gasteiger charge is -2.14. The molecule has 8 heteroatoms. The molecule has 2 amide bonds. The summed E-state index contributed by atoms with van der Waals surface area (Å²) < 4.78 is 6.59. The maximum atomic E-state index is 11.9. The van der Waals surface area contributed by atoms with Crippen LogP contribution < -0.4 is 10.6 Å². The van der Waals surface area contributed by atoms with Gasteiger partial charge in [-0.25, -0.2) is 0 Å². The number of ether oxygens (including phenoxy) is 1. The summed E-state index contributed by atoms with van der Waals surface area (Å²) in [6.45, 7) is 2.50. The molecule has 0 aliphatic carbocycles. The molecule has 0 saturated heterocycles. The van der Waals surface area contributed by atoms with Crippen molar-refractivity contribution in [3.63, 3.8) is 0 Å². The van der Waals surface area contributed by atoms with Gasteiger partial charge in [-0.3, -0.25) is 14.3 Å². The highest BCUT2D eigenvalue weighted by Crippen LogP contribution is 2.06. The van der Waals surface area contributed by atoms with Gasteiger partial charge in [0.05, 0.1) is 25.0 Å². The van der Waals surface area contributed by atoms with Crippen LogP contribution in [-0.4, -0.2) is 47.1 Å². The third-order valence-electron chi connectivity index (χ3n) is 2.30. The molecule has 1 unspecified atom stereocenters. The number of nitrogens with one attached hydrogen (secondary N) is 2. The number of amides is 2. The van der Waals surface area contributed by atoms with Crippen LogP contribution in [0.25, 0.3) is 0 Å². The minimum absolute atomic E-state index is 0.225. The summed E-state index contributed by atoms with van der Waals surface area (Å²) in [7, 11) is 1.61. The molecule has 106 valence electrons. The van der Waals surface area contributed by atoms with Crippen molar-refractivity contribution in [2.75, 3.05) is 24.8 Å². The van der Waals surface area contributed by atoms with Gasteiger partial charge in [-0.05, 0) is 0 Å². The van der Waals surface area contributed by atoms with E-state index >= 15 is 0 Å². The maximum Gasteiger partial charge on any atom is 0.247 e. The number of carbonyl (C=O) groups is 2. The molecule has 19 heavy (non-hydrogen) atoms. The molecular formula is C11H18N4O3S. The number of rotatable bonds is 7. The summed E-state index contributed by atoms with van der Waals surface area (Å²) in [4.78, 5) is 22.8. The van der Waals surface area contributed by atoms with Crippen molar-refractivity contribution in [3.05, 3.63) is 12.4 Å². The monoisotopic (exact) mass is 286 g/mol. The van der Waals surface area contributed by atoms with E-state index in [0.29, 0.717) is 18.8 Å². The van der Waals surface area contributed by atoms with Gasteiger partial charge in [0.25, 0.3) is 0 Å². The molecule has 0 aliphatic heterocycles. The fraction of sp³-hybridized carbons (Fsp3) is 0.545. The van der Waals surface area contributed by atoms with Crippen molar-refractivity contribution < 1.29 is 14.3 Å². The van der Waals surface area contributed by atoms with Crippen LogP contribution in [0, 0.1) is 0 Å². The van der Waals surface area contributed by atoms with Crippen molar-refractivity contribution in [1.82, 2.24) is 15.1 Å². The van der Waals surface area contributed by atoms with Gasteiger partial charge in [0.2, 0.25) is 11.8 Å². The third kappa shape index (κ3) is 5.31. The molecule has 0 spiro atoms. The Balaban J connectivity index is 2.55. The SMILES string of the molecule is COCCn1cc(NC(=O)C(CS)NC(C)=O)cn1. The Kier molecular flexibility index (Phi) is 6.37.